The van der Waals surface area contributed by atoms with E-state index in [1.807, 2.05) is 42.5 Å². The summed E-state index contributed by atoms with van der Waals surface area (Å²) in [6, 6.07) is 12.8. The first-order chi connectivity index (χ1) is 20.3. The minimum absolute atomic E-state index is 0.0231. The first-order valence-corrected chi connectivity index (χ1v) is 13.7. The van der Waals surface area contributed by atoms with Crippen molar-refractivity contribution in [2.24, 2.45) is 5.73 Å². The van der Waals surface area contributed by atoms with Gasteiger partial charge in [-0.15, -0.1) is 0 Å². The van der Waals surface area contributed by atoms with Gasteiger partial charge < -0.3 is 45.0 Å². The second-order valence-corrected chi connectivity index (χ2v) is 10.1. The van der Waals surface area contributed by atoms with E-state index >= 15 is 0 Å². The van der Waals surface area contributed by atoms with E-state index in [9.17, 15) is 9.59 Å². The number of nitrogens with one attached hydrogen (secondary N) is 1. The number of aliphatic carboxylic acids is 2. The number of carboxylic acids is 2. The van der Waals surface area contributed by atoms with Crippen LogP contribution in [0, 0.1) is 0 Å². The Morgan fingerprint density at radius 3 is 2.57 bits per heavy atom. The summed E-state index contributed by atoms with van der Waals surface area (Å²) in [6.45, 7) is 4.13. The van der Waals surface area contributed by atoms with Crippen LogP contribution in [0.3, 0.4) is 0 Å². The fraction of sp³-hybridized carbons (Fsp3) is 0.321. The molecule has 4 aromatic rings. The highest BCUT2D eigenvalue weighted by molar-refractivity contribution is 7.80. The van der Waals surface area contributed by atoms with Gasteiger partial charge in [-0.3, -0.25) is 9.59 Å². The molecule has 0 spiro atoms. The third kappa shape index (κ3) is 6.61. The molecule has 0 unspecified atom stereocenters. The van der Waals surface area contributed by atoms with E-state index in [1.165, 1.54) is 0 Å². The number of furan rings is 1. The molecule has 42 heavy (non-hydrogen) atoms. The smallest absolute Gasteiger partial charge is 0.320 e. The van der Waals surface area contributed by atoms with Crippen molar-refractivity contribution < 1.29 is 33.7 Å². The highest BCUT2D eigenvalue weighted by Gasteiger charge is 2.24. The van der Waals surface area contributed by atoms with Gasteiger partial charge in [0, 0.05) is 44.5 Å². The Morgan fingerprint density at radius 2 is 1.81 bits per heavy atom. The summed E-state index contributed by atoms with van der Waals surface area (Å²) in [5.41, 5.74) is 8.53. The van der Waals surface area contributed by atoms with Crippen molar-refractivity contribution in [1.82, 2.24) is 20.2 Å². The number of para-hydroxylation sites is 1. The topological polar surface area (TPSA) is 177 Å². The van der Waals surface area contributed by atoms with E-state index in [1.54, 1.807) is 6.33 Å². The van der Waals surface area contributed by atoms with Gasteiger partial charge >= 0.3 is 11.9 Å². The first kappa shape index (κ1) is 28.8. The Kier molecular flexibility index (Phi) is 8.83. The average molecular weight is 595 g/mol. The number of fused-ring (bicyclic) bond motifs is 4. The molecule has 0 radical (unpaired) electrons. The number of nitrogens with two attached hydrogens (primary N) is 1. The van der Waals surface area contributed by atoms with Crippen LogP contribution < -0.4 is 25.4 Å². The number of anilines is 1. The SMILES string of the molecule is N[C@@H](CCC(=O)O)C(=O)O.S=C(NCc1ccc2c(c1)OCO2)N1CCN(c2ncnc3c2oc2ccccc23)CC1. The van der Waals surface area contributed by atoms with Crippen LogP contribution >= 0.6 is 12.2 Å². The van der Waals surface area contributed by atoms with Crippen LogP contribution in [0.4, 0.5) is 5.82 Å². The van der Waals surface area contributed by atoms with E-state index in [4.69, 9.17) is 42.1 Å². The number of piperazine rings is 1. The summed E-state index contributed by atoms with van der Waals surface area (Å²) in [4.78, 5) is 33.3. The predicted octanol–water partition coefficient (Wildman–Crippen LogP) is 2.56. The van der Waals surface area contributed by atoms with Crippen LogP contribution in [-0.2, 0) is 16.1 Å². The van der Waals surface area contributed by atoms with E-state index in [2.05, 4.69) is 25.1 Å². The zero-order valence-electron chi connectivity index (χ0n) is 22.6. The maximum Gasteiger partial charge on any atom is 0.320 e. The quantitative estimate of drug-likeness (QED) is 0.230. The molecular weight excluding hydrogens is 564 g/mol. The Bertz CT molecular complexity index is 1600. The minimum atomic E-state index is -1.17. The molecule has 1 fully saturated rings. The van der Waals surface area contributed by atoms with E-state index in [0.29, 0.717) is 6.54 Å². The molecule has 2 aromatic carbocycles. The summed E-state index contributed by atoms with van der Waals surface area (Å²) in [6.07, 6.45) is 1.39. The van der Waals surface area contributed by atoms with Gasteiger partial charge in [0.05, 0.1) is 0 Å². The molecule has 6 rings (SSSR count). The number of rotatable bonds is 7. The molecule has 13 nitrogen and oxygen atoms in total. The number of aromatic nitrogens is 2. The lowest BCUT2D eigenvalue weighted by Crippen LogP contribution is -2.51. The molecule has 2 aromatic heterocycles. The van der Waals surface area contributed by atoms with Gasteiger partial charge in [0.1, 0.15) is 23.5 Å². The number of hydrogen-bond acceptors (Lipinski definition) is 10. The second kappa shape index (κ2) is 12.9. The summed E-state index contributed by atoms with van der Waals surface area (Å²) >= 11 is 5.64. The molecule has 220 valence electrons. The number of nitrogens with zero attached hydrogens (tertiary/aromatic N) is 4. The summed E-state index contributed by atoms with van der Waals surface area (Å²) < 4.78 is 16.9. The number of carboxylic acid groups (broad SMARTS) is 2. The van der Waals surface area contributed by atoms with Gasteiger partial charge in [0.25, 0.3) is 0 Å². The number of hydrogen-bond donors (Lipinski definition) is 4. The van der Waals surface area contributed by atoms with Gasteiger partial charge in [0.15, 0.2) is 28.0 Å². The molecule has 4 heterocycles. The van der Waals surface area contributed by atoms with Crippen LogP contribution in [0.1, 0.15) is 18.4 Å². The average Bonchev–Trinajstić information content (AvgIpc) is 3.63. The fourth-order valence-electron chi connectivity index (χ4n) is 4.60. The molecular formula is C28H30N6O7S. The molecule has 1 saturated heterocycles. The van der Waals surface area contributed by atoms with Gasteiger partial charge in [-0.05, 0) is 48.5 Å². The molecule has 0 aliphatic carbocycles. The summed E-state index contributed by atoms with van der Waals surface area (Å²) in [7, 11) is 0. The van der Waals surface area contributed by atoms with Crippen LogP contribution in [0.5, 0.6) is 11.5 Å². The first-order valence-electron chi connectivity index (χ1n) is 13.3. The minimum Gasteiger partial charge on any atom is -0.481 e. The third-order valence-corrected chi connectivity index (χ3v) is 7.28. The second-order valence-electron chi connectivity index (χ2n) is 9.67. The predicted molar refractivity (Wildman–Crippen MR) is 158 cm³/mol. The monoisotopic (exact) mass is 594 g/mol. The Labute approximate surface area is 245 Å². The van der Waals surface area contributed by atoms with Crippen molar-refractivity contribution in [3.05, 3.63) is 54.4 Å². The molecule has 0 amide bonds. The third-order valence-electron chi connectivity index (χ3n) is 6.87. The number of ether oxygens (including phenoxy) is 2. The highest BCUT2D eigenvalue weighted by atomic mass is 32.1. The zero-order chi connectivity index (χ0) is 29.6. The van der Waals surface area contributed by atoms with Crippen LogP contribution in [0.25, 0.3) is 22.1 Å². The lowest BCUT2D eigenvalue weighted by Gasteiger charge is -2.36. The summed E-state index contributed by atoms with van der Waals surface area (Å²) in [5.74, 6) is 0.212. The molecule has 2 aliphatic heterocycles. The molecule has 14 heteroatoms. The fourth-order valence-corrected chi connectivity index (χ4v) is 4.86. The highest BCUT2D eigenvalue weighted by Crippen LogP contribution is 2.33. The van der Waals surface area contributed by atoms with E-state index in [-0.39, 0.29) is 19.6 Å². The maximum absolute atomic E-state index is 9.99. The molecule has 0 saturated carbocycles. The van der Waals surface area contributed by atoms with Crippen LogP contribution in [-0.4, -0.2) is 81.1 Å². The van der Waals surface area contributed by atoms with Gasteiger partial charge in [-0.2, -0.15) is 0 Å². The van der Waals surface area contributed by atoms with Crippen molar-refractivity contribution in [2.45, 2.75) is 25.4 Å². The van der Waals surface area contributed by atoms with Crippen molar-refractivity contribution in [3.63, 3.8) is 0 Å². The molecule has 5 N–H and O–H groups in total. The van der Waals surface area contributed by atoms with Crippen molar-refractivity contribution in [2.75, 3.05) is 37.9 Å². The Hall–Kier alpha value is -4.69. The Morgan fingerprint density at radius 1 is 1.05 bits per heavy atom. The van der Waals surface area contributed by atoms with Crippen molar-refractivity contribution >= 4 is 57.2 Å². The van der Waals surface area contributed by atoms with Crippen LogP contribution in [0.2, 0.25) is 0 Å². The standard InChI is InChI=1S/C23H21N5O3S.C5H9NO4/c32-23(24-12-15-5-6-18-19(11-15)30-14-29-18)28-9-7-27(8-10-28)22-21-20(25-13-26-22)16-3-1-2-4-17(16)31-21;6-3(5(9)10)1-2-4(7)8/h1-6,11,13H,7-10,12,14H2,(H,24,32);3H,1-2,6H2,(H,7,8)(H,9,10)/t;3-/m.0/s1. The van der Waals surface area contributed by atoms with Gasteiger partial charge in [-0.1, -0.05) is 18.2 Å². The number of benzene rings is 2. The lowest BCUT2D eigenvalue weighted by atomic mass is 10.2. The van der Waals surface area contributed by atoms with Crippen molar-refractivity contribution in [3.8, 4) is 11.5 Å². The zero-order valence-corrected chi connectivity index (χ0v) is 23.4. The Balaban J connectivity index is 0.000000305. The van der Waals surface area contributed by atoms with E-state index < -0.39 is 18.0 Å². The normalized spacial score (nSPS) is 14.8. The molecule has 0 bridgehead atoms. The van der Waals surface area contributed by atoms with Gasteiger partial charge in [0.2, 0.25) is 6.79 Å². The molecule has 1 atom stereocenters. The summed E-state index contributed by atoms with van der Waals surface area (Å²) in [5, 5.41) is 21.4. The molecule has 2 aliphatic rings. The number of carbonyl (C=O) groups is 2. The van der Waals surface area contributed by atoms with Gasteiger partial charge in [-0.25, -0.2) is 9.97 Å². The van der Waals surface area contributed by atoms with Crippen molar-refractivity contribution in [1.29, 1.82) is 0 Å². The van der Waals surface area contributed by atoms with E-state index in [0.717, 1.165) is 76.2 Å². The number of thiocarbonyl (C=S) groups is 1. The largest absolute Gasteiger partial charge is 0.481 e. The maximum atomic E-state index is 9.99. The lowest BCUT2D eigenvalue weighted by molar-refractivity contribution is -0.139. The van der Waals surface area contributed by atoms with Crippen LogP contribution in [0.15, 0.2) is 53.2 Å².